The van der Waals surface area contributed by atoms with Crippen molar-refractivity contribution in [1.82, 2.24) is 4.98 Å². The second kappa shape index (κ2) is 7.56. The first-order valence-corrected chi connectivity index (χ1v) is 7.88. The zero-order valence-corrected chi connectivity index (χ0v) is 13.3. The van der Waals surface area contributed by atoms with Gasteiger partial charge in [-0.3, -0.25) is 14.9 Å². The summed E-state index contributed by atoms with van der Waals surface area (Å²) in [5, 5.41) is 7.12. The van der Waals surface area contributed by atoms with E-state index in [1.807, 2.05) is 12.1 Å². The van der Waals surface area contributed by atoms with Crippen LogP contribution in [0.25, 0.3) is 0 Å². The van der Waals surface area contributed by atoms with Gasteiger partial charge in [0.2, 0.25) is 0 Å². The van der Waals surface area contributed by atoms with Crippen LogP contribution in [0, 0.1) is 0 Å². The van der Waals surface area contributed by atoms with Crippen molar-refractivity contribution >= 4 is 39.7 Å². The van der Waals surface area contributed by atoms with E-state index in [9.17, 15) is 9.59 Å². The molecule has 116 valence electrons. The van der Waals surface area contributed by atoms with E-state index in [-0.39, 0.29) is 0 Å². The number of benzene rings is 1. The molecule has 0 atom stereocenters. The SMILES string of the molecule is CCN(CC)c1ccc(NC(=O)C(=O)Nc2nccs2)cc1. The fourth-order valence-electron chi connectivity index (χ4n) is 1.97. The molecule has 0 aliphatic carbocycles. The first-order valence-electron chi connectivity index (χ1n) is 7.00. The van der Waals surface area contributed by atoms with E-state index >= 15 is 0 Å². The molecule has 0 bridgehead atoms. The van der Waals surface area contributed by atoms with Gasteiger partial charge in [0.25, 0.3) is 0 Å². The molecule has 7 heteroatoms. The summed E-state index contributed by atoms with van der Waals surface area (Å²) in [7, 11) is 0. The Kier molecular flexibility index (Phi) is 5.48. The zero-order valence-electron chi connectivity index (χ0n) is 12.5. The Morgan fingerprint density at radius 1 is 1.09 bits per heavy atom. The van der Waals surface area contributed by atoms with E-state index in [2.05, 4.69) is 34.4 Å². The fraction of sp³-hybridized carbons (Fsp3) is 0.267. The van der Waals surface area contributed by atoms with Gasteiger partial charge in [-0.1, -0.05) is 0 Å². The highest BCUT2D eigenvalue weighted by atomic mass is 32.1. The fourth-order valence-corrected chi connectivity index (χ4v) is 2.50. The molecule has 0 aliphatic rings. The topological polar surface area (TPSA) is 74.3 Å². The predicted octanol–water partition coefficient (Wildman–Crippen LogP) is 2.57. The summed E-state index contributed by atoms with van der Waals surface area (Å²) in [6, 6.07) is 7.40. The number of rotatable bonds is 5. The molecular formula is C15H18N4O2S. The minimum absolute atomic E-state index is 0.400. The normalized spacial score (nSPS) is 10.1. The lowest BCUT2D eigenvalue weighted by molar-refractivity contribution is -0.132. The highest BCUT2D eigenvalue weighted by Crippen LogP contribution is 2.17. The van der Waals surface area contributed by atoms with Crippen LogP contribution in [0.3, 0.4) is 0 Å². The molecule has 1 aromatic carbocycles. The van der Waals surface area contributed by atoms with Crippen LogP contribution in [-0.4, -0.2) is 29.9 Å². The standard InChI is InChI=1S/C15H18N4O2S/c1-3-19(4-2)12-7-5-11(6-8-12)17-13(20)14(21)18-15-16-9-10-22-15/h5-10H,3-4H2,1-2H3,(H,17,20)(H,16,18,21). The summed E-state index contributed by atoms with van der Waals surface area (Å²) in [4.78, 5) is 29.6. The molecule has 2 rings (SSSR count). The number of carbonyl (C=O) groups excluding carboxylic acids is 2. The van der Waals surface area contributed by atoms with Crippen molar-refractivity contribution in [3.63, 3.8) is 0 Å². The number of thiazole rings is 1. The molecular weight excluding hydrogens is 300 g/mol. The summed E-state index contributed by atoms with van der Waals surface area (Å²) in [5.41, 5.74) is 1.66. The molecule has 2 N–H and O–H groups in total. The van der Waals surface area contributed by atoms with Crippen LogP contribution < -0.4 is 15.5 Å². The Labute approximate surface area is 133 Å². The third-order valence-corrected chi connectivity index (χ3v) is 3.80. The van der Waals surface area contributed by atoms with E-state index in [0.717, 1.165) is 18.8 Å². The van der Waals surface area contributed by atoms with Crippen molar-refractivity contribution in [3.8, 4) is 0 Å². The van der Waals surface area contributed by atoms with E-state index < -0.39 is 11.8 Å². The Hall–Kier alpha value is -2.41. The van der Waals surface area contributed by atoms with Crippen LogP contribution in [-0.2, 0) is 9.59 Å². The van der Waals surface area contributed by atoms with Gasteiger partial charge in [-0.05, 0) is 38.1 Å². The van der Waals surface area contributed by atoms with Crippen LogP contribution >= 0.6 is 11.3 Å². The van der Waals surface area contributed by atoms with Gasteiger partial charge >= 0.3 is 11.8 Å². The molecule has 2 amide bonds. The molecule has 1 heterocycles. The number of hydrogen-bond donors (Lipinski definition) is 2. The summed E-state index contributed by atoms with van der Waals surface area (Å²) < 4.78 is 0. The predicted molar refractivity (Wildman–Crippen MR) is 89.4 cm³/mol. The van der Waals surface area contributed by atoms with E-state index in [4.69, 9.17) is 0 Å². The van der Waals surface area contributed by atoms with Crippen molar-refractivity contribution < 1.29 is 9.59 Å². The highest BCUT2D eigenvalue weighted by molar-refractivity contribution is 7.13. The number of carbonyl (C=O) groups is 2. The van der Waals surface area contributed by atoms with Crippen LogP contribution in [0.2, 0.25) is 0 Å². The molecule has 0 unspecified atom stereocenters. The van der Waals surface area contributed by atoms with Crippen molar-refractivity contribution in [2.75, 3.05) is 28.6 Å². The largest absolute Gasteiger partial charge is 0.372 e. The molecule has 0 aliphatic heterocycles. The average molecular weight is 318 g/mol. The molecule has 0 radical (unpaired) electrons. The van der Waals surface area contributed by atoms with Gasteiger partial charge in [0.1, 0.15) is 0 Å². The van der Waals surface area contributed by atoms with Crippen LogP contribution in [0.4, 0.5) is 16.5 Å². The van der Waals surface area contributed by atoms with Gasteiger partial charge in [-0.25, -0.2) is 4.98 Å². The van der Waals surface area contributed by atoms with Gasteiger partial charge in [-0.2, -0.15) is 0 Å². The summed E-state index contributed by atoms with van der Waals surface area (Å²) in [6.45, 7) is 6.00. The van der Waals surface area contributed by atoms with E-state index in [1.54, 1.807) is 23.7 Å². The maximum absolute atomic E-state index is 11.8. The van der Waals surface area contributed by atoms with Gasteiger partial charge in [0.05, 0.1) is 0 Å². The second-order valence-electron chi connectivity index (χ2n) is 4.46. The van der Waals surface area contributed by atoms with Crippen LogP contribution in [0.15, 0.2) is 35.8 Å². The first-order chi connectivity index (χ1) is 10.6. The number of nitrogens with one attached hydrogen (secondary N) is 2. The van der Waals surface area contributed by atoms with Gasteiger partial charge < -0.3 is 10.2 Å². The minimum Gasteiger partial charge on any atom is -0.372 e. The molecule has 2 aromatic rings. The molecule has 0 fully saturated rings. The lowest BCUT2D eigenvalue weighted by atomic mass is 10.2. The Balaban J connectivity index is 1.95. The lowest BCUT2D eigenvalue weighted by Gasteiger charge is -2.21. The summed E-state index contributed by atoms with van der Waals surface area (Å²) in [6.07, 6.45) is 1.56. The minimum atomic E-state index is -0.734. The van der Waals surface area contributed by atoms with Gasteiger partial charge in [-0.15, -0.1) is 11.3 Å². The molecule has 22 heavy (non-hydrogen) atoms. The third kappa shape index (κ3) is 4.05. The number of hydrogen-bond acceptors (Lipinski definition) is 5. The van der Waals surface area contributed by atoms with Gasteiger partial charge in [0, 0.05) is 36.0 Å². The maximum Gasteiger partial charge on any atom is 0.315 e. The lowest BCUT2D eigenvalue weighted by Crippen LogP contribution is -2.29. The zero-order chi connectivity index (χ0) is 15.9. The molecule has 0 spiro atoms. The molecule has 0 saturated carbocycles. The van der Waals surface area contributed by atoms with Crippen molar-refractivity contribution in [2.24, 2.45) is 0 Å². The monoisotopic (exact) mass is 318 g/mol. The average Bonchev–Trinajstić information content (AvgIpc) is 3.03. The Morgan fingerprint density at radius 2 is 1.73 bits per heavy atom. The number of amides is 2. The first kappa shape index (κ1) is 16.0. The van der Waals surface area contributed by atoms with Crippen LogP contribution in [0.5, 0.6) is 0 Å². The quantitative estimate of drug-likeness (QED) is 0.831. The molecule has 1 aromatic heterocycles. The Bertz CT molecular complexity index is 622. The number of aromatic nitrogens is 1. The molecule has 0 saturated heterocycles. The Morgan fingerprint density at radius 3 is 2.27 bits per heavy atom. The second-order valence-corrected chi connectivity index (χ2v) is 5.36. The van der Waals surface area contributed by atoms with Crippen molar-refractivity contribution in [1.29, 1.82) is 0 Å². The van der Waals surface area contributed by atoms with Gasteiger partial charge in [0.15, 0.2) is 5.13 Å². The van der Waals surface area contributed by atoms with E-state index in [1.165, 1.54) is 11.3 Å². The maximum atomic E-state index is 11.8. The molecule has 6 nitrogen and oxygen atoms in total. The number of anilines is 3. The summed E-state index contributed by atoms with van der Waals surface area (Å²) >= 11 is 1.26. The van der Waals surface area contributed by atoms with E-state index in [0.29, 0.717) is 10.8 Å². The van der Waals surface area contributed by atoms with Crippen LogP contribution in [0.1, 0.15) is 13.8 Å². The smallest absolute Gasteiger partial charge is 0.315 e. The summed E-state index contributed by atoms with van der Waals surface area (Å²) in [5.74, 6) is -1.45. The third-order valence-electron chi connectivity index (χ3n) is 3.11. The van der Waals surface area contributed by atoms with Crippen molar-refractivity contribution in [2.45, 2.75) is 13.8 Å². The highest BCUT2D eigenvalue weighted by Gasteiger charge is 2.15. The number of nitrogens with zero attached hydrogens (tertiary/aromatic N) is 2. The van der Waals surface area contributed by atoms with Crippen molar-refractivity contribution in [3.05, 3.63) is 35.8 Å².